The van der Waals surface area contributed by atoms with Gasteiger partial charge in [0.2, 0.25) is 0 Å². The number of hydrogen-bond donors (Lipinski definition) is 1. The molecule has 20 heavy (non-hydrogen) atoms. The predicted molar refractivity (Wildman–Crippen MR) is 81.5 cm³/mol. The summed E-state index contributed by atoms with van der Waals surface area (Å²) in [6.45, 7) is 9.91. The lowest BCUT2D eigenvalue weighted by molar-refractivity contribution is 0.0872. The van der Waals surface area contributed by atoms with E-state index in [0.29, 0.717) is 12.5 Å². The Kier molecular flexibility index (Phi) is 3.91. The number of piperidine rings is 1. The summed E-state index contributed by atoms with van der Waals surface area (Å²) in [5, 5.41) is 0. The topological polar surface area (TPSA) is 42.4 Å². The van der Waals surface area contributed by atoms with Crippen molar-refractivity contribution in [2.75, 3.05) is 19.6 Å². The van der Waals surface area contributed by atoms with E-state index in [2.05, 4.69) is 37.8 Å². The molecule has 0 bridgehead atoms. The Morgan fingerprint density at radius 1 is 1.20 bits per heavy atom. The fourth-order valence-electron chi connectivity index (χ4n) is 3.88. The van der Waals surface area contributed by atoms with E-state index in [9.17, 15) is 0 Å². The fraction of sp³-hybridized carbons (Fsp3) is 0.765. The van der Waals surface area contributed by atoms with E-state index in [1.54, 1.807) is 0 Å². The Morgan fingerprint density at radius 3 is 2.40 bits per heavy atom. The highest BCUT2D eigenvalue weighted by molar-refractivity contribution is 5.19. The van der Waals surface area contributed by atoms with Gasteiger partial charge in [-0.05, 0) is 42.7 Å². The van der Waals surface area contributed by atoms with Crippen LogP contribution in [-0.4, -0.2) is 24.5 Å². The first-order valence-electron chi connectivity index (χ1n) is 8.12. The normalized spacial score (nSPS) is 36.0. The van der Waals surface area contributed by atoms with Gasteiger partial charge in [-0.1, -0.05) is 20.8 Å². The molecule has 1 aromatic rings. The molecule has 1 aliphatic heterocycles. The van der Waals surface area contributed by atoms with Crippen molar-refractivity contribution in [3.8, 4) is 0 Å². The molecule has 0 aromatic carbocycles. The van der Waals surface area contributed by atoms with Crippen LogP contribution in [0.1, 0.15) is 57.1 Å². The number of likely N-dealkylation sites (tertiary alicyclic amines) is 1. The zero-order valence-corrected chi connectivity index (χ0v) is 13.0. The van der Waals surface area contributed by atoms with Crippen LogP contribution in [0.2, 0.25) is 0 Å². The number of rotatable bonds is 4. The Morgan fingerprint density at radius 2 is 1.85 bits per heavy atom. The fourth-order valence-corrected chi connectivity index (χ4v) is 3.88. The number of nitrogens with zero attached hydrogens (tertiary/aromatic N) is 1. The lowest BCUT2D eigenvalue weighted by Crippen LogP contribution is -2.43. The SMILES string of the molecule is CC1CC(C)CN(C(CN)c2ccc(C3CC3C)o2)C1. The second kappa shape index (κ2) is 5.53. The maximum absolute atomic E-state index is 6.13. The summed E-state index contributed by atoms with van der Waals surface area (Å²) in [5.41, 5.74) is 6.05. The van der Waals surface area contributed by atoms with E-state index < -0.39 is 0 Å². The van der Waals surface area contributed by atoms with Gasteiger partial charge in [0.1, 0.15) is 11.5 Å². The summed E-state index contributed by atoms with van der Waals surface area (Å²) < 4.78 is 6.13. The monoisotopic (exact) mass is 276 g/mol. The molecule has 1 saturated carbocycles. The highest BCUT2D eigenvalue weighted by Gasteiger charge is 2.37. The summed E-state index contributed by atoms with van der Waals surface area (Å²) >= 11 is 0. The van der Waals surface area contributed by atoms with E-state index in [-0.39, 0.29) is 6.04 Å². The van der Waals surface area contributed by atoms with Crippen molar-refractivity contribution >= 4 is 0 Å². The van der Waals surface area contributed by atoms with Gasteiger partial charge in [0.15, 0.2) is 0 Å². The molecule has 0 amide bonds. The predicted octanol–water partition coefficient (Wildman–Crippen LogP) is 3.38. The summed E-state index contributed by atoms with van der Waals surface area (Å²) in [6, 6.07) is 4.58. The number of hydrogen-bond acceptors (Lipinski definition) is 3. The van der Waals surface area contributed by atoms with Crippen LogP contribution in [-0.2, 0) is 0 Å². The molecule has 2 aliphatic rings. The lowest BCUT2D eigenvalue weighted by atomic mass is 9.90. The molecular formula is C17H28N2O. The second-order valence-electron chi connectivity index (χ2n) is 7.21. The van der Waals surface area contributed by atoms with Crippen molar-refractivity contribution in [1.82, 2.24) is 4.90 Å². The van der Waals surface area contributed by atoms with Crippen molar-refractivity contribution in [3.05, 3.63) is 23.7 Å². The first kappa shape index (κ1) is 14.2. The molecule has 3 nitrogen and oxygen atoms in total. The van der Waals surface area contributed by atoms with Crippen molar-refractivity contribution < 1.29 is 4.42 Å². The van der Waals surface area contributed by atoms with Gasteiger partial charge >= 0.3 is 0 Å². The first-order chi connectivity index (χ1) is 9.58. The molecule has 1 aromatic heterocycles. The Balaban J connectivity index is 1.73. The van der Waals surface area contributed by atoms with E-state index >= 15 is 0 Å². The molecular weight excluding hydrogens is 248 g/mol. The maximum atomic E-state index is 6.13. The zero-order valence-electron chi connectivity index (χ0n) is 13.0. The zero-order chi connectivity index (χ0) is 14.3. The first-order valence-corrected chi connectivity index (χ1v) is 8.12. The van der Waals surface area contributed by atoms with Gasteiger partial charge in [-0.25, -0.2) is 0 Å². The summed E-state index contributed by atoms with van der Waals surface area (Å²) in [6.07, 6.45) is 2.61. The molecule has 1 saturated heterocycles. The van der Waals surface area contributed by atoms with Gasteiger partial charge in [0.25, 0.3) is 0 Å². The minimum atomic E-state index is 0.253. The van der Waals surface area contributed by atoms with E-state index in [0.717, 1.165) is 36.6 Å². The minimum absolute atomic E-state index is 0.253. The van der Waals surface area contributed by atoms with Crippen LogP contribution < -0.4 is 5.73 Å². The van der Waals surface area contributed by atoms with Crippen LogP contribution in [0.3, 0.4) is 0 Å². The molecule has 0 radical (unpaired) electrons. The van der Waals surface area contributed by atoms with Crippen LogP contribution in [0.25, 0.3) is 0 Å². The standard InChI is InChI=1S/C17H28N2O/c1-11-6-12(2)10-19(9-11)15(8-18)17-5-4-16(20-17)14-7-13(14)3/h4-5,11-15H,6-10,18H2,1-3H3. The number of nitrogens with two attached hydrogens (primary N) is 1. The smallest absolute Gasteiger partial charge is 0.122 e. The molecule has 0 spiro atoms. The van der Waals surface area contributed by atoms with Crippen LogP contribution in [0, 0.1) is 17.8 Å². The van der Waals surface area contributed by atoms with Gasteiger partial charge in [-0.3, -0.25) is 4.90 Å². The molecule has 2 fully saturated rings. The molecule has 2 heterocycles. The van der Waals surface area contributed by atoms with Crippen molar-refractivity contribution in [2.24, 2.45) is 23.5 Å². The third-order valence-corrected chi connectivity index (χ3v) is 5.01. The van der Waals surface area contributed by atoms with E-state index in [4.69, 9.17) is 10.2 Å². The van der Waals surface area contributed by atoms with Crippen LogP contribution in [0.4, 0.5) is 0 Å². The molecule has 5 atom stereocenters. The summed E-state index contributed by atoms with van der Waals surface area (Å²) in [5.74, 6) is 5.20. The largest absolute Gasteiger partial charge is 0.464 e. The quantitative estimate of drug-likeness (QED) is 0.916. The summed E-state index contributed by atoms with van der Waals surface area (Å²) in [4.78, 5) is 2.53. The molecule has 112 valence electrons. The minimum Gasteiger partial charge on any atom is -0.464 e. The Hall–Kier alpha value is -0.800. The molecule has 3 rings (SSSR count). The highest BCUT2D eigenvalue weighted by atomic mass is 16.3. The van der Waals surface area contributed by atoms with Crippen molar-refractivity contribution in [2.45, 2.75) is 45.6 Å². The van der Waals surface area contributed by atoms with Crippen molar-refractivity contribution in [3.63, 3.8) is 0 Å². The Bertz CT molecular complexity index is 446. The molecule has 3 heteroatoms. The van der Waals surface area contributed by atoms with Crippen LogP contribution >= 0.6 is 0 Å². The maximum Gasteiger partial charge on any atom is 0.122 e. The average Bonchev–Trinajstić information content (AvgIpc) is 2.92. The Labute approximate surface area is 122 Å². The van der Waals surface area contributed by atoms with E-state index in [1.807, 2.05) is 0 Å². The van der Waals surface area contributed by atoms with Gasteiger partial charge in [0.05, 0.1) is 6.04 Å². The van der Waals surface area contributed by atoms with Crippen molar-refractivity contribution in [1.29, 1.82) is 0 Å². The molecule has 5 unspecified atom stereocenters. The van der Waals surface area contributed by atoms with E-state index in [1.165, 1.54) is 18.6 Å². The highest BCUT2D eigenvalue weighted by Crippen LogP contribution is 2.47. The van der Waals surface area contributed by atoms with Gasteiger partial charge in [-0.15, -0.1) is 0 Å². The van der Waals surface area contributed by atoms with Gasteiger partial charge in [-0.2, -0.15) is 0 Å². The number of furan rings is 1. The summed E-state index contributed by atoms with van der Waals surface area (Å²) in [7, 11) is 0. The molecule has 2 N–H and O–H groups in total. The average molecular weight is 276 g/mol. The third kappa shape index (κ3) is 2.79. The molecule has 1 aliphatic carbocycles. The van der Waals surface area contributed by atoms with Crippen LogP contribution in [0.15, 0.2) is 16.5 Å². The third-order valence-electron chi connectivity index (χ3n) is 5.01. The van der Waals surface area contributed by atoms with Crippen LogP contribution in [0.5, 0.6) is 0 Å². The van der Waals surface area contributed by atoms with Gasteiger partial charge < -0.3 is 10.2 Å². The lowest BCUT2D eigenvalue weighted by Gasteiger charge is -2.39. The second-order valence-corrected chi connectivity index (χ2v) is 7.21. The van der Waals surface area contributed by atoms with Gasteiger partial charge in [0, 0.05) is 25.6 Å².